The molecule has 2 nitrogen and oxygen atoms in total. The van der Waals surface area contributed by atoms with Crippen molar-refractivity contribution >= 4 is 5.69 Å². The van der Waals surface area contributed by atoms with Gasteiger partial charge in [0, 0.05) is 18.2 Å². The zero-order valence-corrected chi connectivity index (χ0v) is 17.1. The van der Waals surface area contributed by atoms with Gasteiger partial charge in [-0.2, -0.15) is 0 Å². The number of fused-ring (bicyclic) bond motifs is 1. The molecule has 4 rings (SSSR count). The highest BCUT2D eigenvalue weighted by Gasteiger charge is 2.39. The van der Waals surface area contributed by atoms with Gasteiger partial charge in [-0.25, -0.2) is 0 Å². The van der Waals surface area contributed by atoms with Gasteiger partial charge in [0.05, 0.1) is 26.2 Å². The van der Waals surface area contributed by atoms with Crippen molar-refractivity contribution in [1.29, 1.82) is 0 Å². The lowest BCUT2D eigenvalue weighted by atomic mass is 9.96. The second-order valence-electron chi connectivity index (χ2n) is 8.54. The molecule has 2 aromatic rings. The minimum Gasteiger partial charge on any atom is -0.362 e. The van der Waals surface area contributed by atoms with E-state index in [-0.39, 0.29) is 0 Å². The summed E-state index contributed by atoms with van der Waals surface area (Å²) in [5, 5.41) is 0. The summed E-state index contributed by atoms with van der Waals surface area (Å²) in [6, 6.07) is 21.6. The van der Waals surface area contributed by atoms with E-state index in [0.29, 0.717) is 6.04 Å². The van der Waals surface area contributed by atoms with Crippen molar-refractivity contribution in [2.24, 2.45) is 0 Å². The van der Waals surface area contributed by atoms with Gasteiger partial charge in [0.15, 0.2) is 0 Å². The molecule has 2 heteroatoms. The Kier molecular flexibility index (Phi) is 5.54. The van der Waals surface area contributed by atoms with Crippen molar-refractivity contribution in [1.82, 2.24) is 0 Å². The Morgan fingerprint density at radius 3 is 2.11 bits per heavy atom. The number of rotatable bonds is 6. The molecule has 0 amide bonds. The third kappa shape index (κ3) is 3.65. The maximum atomic E-state index is 2.76. The van der Waals surface area contributed by atoms with Gasteiger partial charge in [-0.05, 0) is 62.8 Å². The number of likely N-dealkylation sites (tertiary alicyclic amines) is 1. The fourth-order valence-electron chi connectivity index (χ4n) is 5.65. The molecular weight excluding hydrogens is 328 g/mol. The summed E-state index contributed by atoms with van der Waals surface area (Å²) in [7, 11) is 0. The molecule has 1 saturated heterocycles. The fraction of sp³-hybridized carbons (Fsp3) is 0.520. The Bertz CT molecular complexity index is 710. The minimum atomic E-state index is 0.599. The molecule has 0 radical (unpaired) electrons. The molecule has 1 fully saturated rings. The van der Waals surface area contributed by atoms with Crippen LogP contribution in [0.1, 0.15) is 44.2 Å². The third-order valence-electron chi connectivity index (χ3n) is 7.39. The van der Waals surface area contributed by atoms with Crippen LogP contribution < -0.4 is 4.90 Å². The monoisotopic (exact) mass is 363 g/mol. The lowest BCUT2D eigenvalue weighted by Gasteiger charge is -2.49. The number of benzene rings is 2. The van der Waals surface area contributed by atoms with Gasteiger partial charge in [0.1, 0.15) is 6.04 Å². The Balaban J connectivity index is 1.61. The molecule has 1 aliphatic carbocycles. The highest BCUT2D eigenvalue weighted by Crippen LogP contribution is 2.32. The summed E-state index contributed by atoms with van der Waals surface area (Å²) >= 11 is 0. The van der Waals surface area contributed by atoms with Gasteiger partial charge < -0.3 is 9.38 Å². The molecular formula is C25H35N2+. The van der Waals surface area contributed by atoms with E-state index in [0.717, 1.165) is 6.04 Å². The maximum Gasteiger partial charge on any atom is 0.107 e. The SMILES string of the molecule is CC[N+]1(CC)CCCCC1CN(c1ccccc1)C1Cc2ccccc2C1. The summed E-state index contributed by atoms with van der Waals surface area (Å²) in [6.07, 6.45) is 6.56. The van der Waals surface area contributed by atoms with E-state index in [1.165, 1.54) is 68.5 Å². The largest absolute Gasteiger partial charge is 0.362 e. The normalized spacial score (nSPS) is 21.8. The van der Waals surface area contributed by atoms with Crippen molar-refractivity contribution in [3.63, 3.8) is 0 Å². The molecule has 1 heterocycles. The predicted molar refractivity (Wildman–Crippen MR) is 115 cm³/mol. The lowest BCUT2D eigenvalue weighted by molar-refractivity contribution is -0.951. The second kappa shape index (κ2) is 8.06. The predicted octanol–water partition coefficient (Wildman–Crippen LogP) is 5.07. The van der Waals surface area contributed by atoms with Crippen LogP contribution in [0.2, 0.25) is 0 Å². The van der Waals surface area contributed by atoms with E-state index in [4.69, 9.17) is 0 Å². The molecule has 2 aromatic carbocycles. The highest BCUT2D eigenvalue weighted by molar-refractivity contribution is 5.50. The van der Waals surface area contributed by atoms with Gasteiger partial charge in [-0.1, -0.05) is 42.5 Å². The molecule has 0 saturated carbocycles. The van der Waals surface area contributed by atoms with Crippen LogP contribution in [0.15, 0.2) is 54.6 Å². The first-order chi connectivity index (χ1) is 13.3. The summed E-state index contributed by atoms with van der Waals surface area (Å²) < 4.78 is 1.31. The van der Waals surface area contributed by atoms with Gasteiger partial charge in [0.25, 0.3) is 0 Å². The van der Waals surface area contributed by atoms with Gasteiger partial charge in [-0.3, -0.25) is 0 Å². The van der Waals surface area contributed by atoms with Crippen molar-refractivity contribution in [2.45, 2.75) is 58.0 Å². The number of hydrogen-bond donors (Lipinski definition) is 0. The van der Waals surface area contributed by atoms with Crippen LogP contribution in [0, 0.1) is 0 Å². The molecule has 0 bridgehead atoms. The van der Waals surface area contributed by atoms with Crippen LogP contribution >= 0.6 is 0 Å². The van der Waals surface area contributed by atoms with Gasteiger partial charge in [0.2, 0.25) is 0 Å². The summed E-state index contributed by atoms with van der Waals surface area (Å²) in [5.41, 5.74) is 4.52. The first kappa shape index (κ1) is 18.6. The number of anilines is 1. The first-order valence-corrected chi connectivity index (χ1v) is 11.0. The molecule has 2 aliphatic rings. The first-order valence-electron chi connectivity index (χ1n) is 11.0. The van der Waals surface area contributed by atoms with Crippen LogP contribution in [0.5, 0.6) is 0 Å². The number of nitrogens with zero attached hydrogens (tertiary/aromatic N) is 2. The van der Waals surface area contributed by atoms with E-state index in [1.54, 1.807) is 11.1 Å². The van der Waals surface area contributed by atoms with Crippen LogP contribution in [0.3, 0.4) is 0 Å². The molecule has 0 N–H and O–H groups in total. The van der Waals surface area contributed by atoms with Gasteiger partial charge in [-0.15, -0.1) is 0 Å². The molecule has 0 spiro atoms. The van der Waals surface area contributed by atoms with Crippen molar-refractivity contribution in [3.8, 4) is 0 Å². The van der Waals surface area contributed by atoms with Crippen molar-refractivity contribution in [3.05, 3.63) is 65.7 Å². The van der Waals surface area contributed by atoms with E-state index >= 15 is 0 Å². The summed E-state index contributed by atoms with van der Waals surface area (Å²) in [6.45, 7) is 9.92. The Hall–Kier alpha value is -1.80. The minimum absolute atomic E-state index is 0.599. The molecule has 144 valence electrons. The number of hydrogen-bond acceptors (Lipinski definition) is 1. The highest BCUT2D eigenvalue weighted by atomic mass is 15.4. The third-order valence-corrected chi connectivity index (χ3v) is 7.39. The second-order valence-corrected chi connectivity index (χ2v) is 8.54. The fourth-order valence-corrected chi connectivity index (χ4v) is 5.65. The molecule has 0 aromatic heterocycles. The van der Waals surface area contributed by atoms with Crippen LogP contribution in [0.25, 0.3) is 0 Å². The van der Waals surface area contributed by atoms with E-state index in [2.05, 4.69) is 73.3 Å². The van der Waals surface area contributed by atoms with Crippen molar-refractivity contribution < 1.29 is 4.48 Å². The van der Waals surface area contributed by atoms with E-state index < -0.39 is 0 Å². The summed E-state index contributed by atoms with van der Waals surface area (Å²) in [4.78, 5) is 2.76. The Morgan fingerprint density at radius 1 is 0.852 bits per heavy atom. The molecule has 1 aliphatic heterocycles. The maximum absolute atomic E-state index is 2.76. The zero-order valence-electron chi connectivity index (χ0n) is 17.1. The van der Waals surface area contributed by atoms with Gasteiger partial charge >= 0.3 is 0 Å². The average molecular weight is 364 g/mol. The number of piperidine rings is 1. The van der Waals surface area contributed by atoms with E-state index in [9.17, 15) is 0 Å². The summed E-state index contributed by atoms with van der Waals surface area (Å²) in [5.74, 6) is 0. The molecule has 27 heavy (non-hydrogen) atoms. The smallest absolute Gasteiger partial charge is 0.107 e. The number of quaternary nitrogens is 1. The topological polar surface area (TPSA) is 3.24 Å². The zero-order chi connectivity index (χ0) is 18.7. The quantitative estimate of drug-likeness (QED) is 0.648. The van der Waals surface area contributed by atoms with Crippen LogP contribution in [-0.2, 0) is 12.8 Å². The Morgan fingerprint density at radius 2 is 1.48 bits per heavy atom. The molecule has 1 atom stereocenters. The molecule has 1 unspecified atom stereocenters. The number of para-hydroxylation sites is 1. The standard InChI is InChI=1S/C25H35N2/c1-3-27(4-2)17-11-10-16-25(27)20-26(23-14-6-5-7-15-23)24-18-21-12-8-9-13-22(21)19-24/h5-9,12-15,24-25H,3-4,10-11,16-20H2,1-2H3/q+1. The van der Waals surface area contributed by atoms with E-state index in [1.807, 2.05) is 0 Å². The number of likely N-dealkylation sites (N-methyl/N-ethyl adjacent to an activating group) is 1. The lowest BCUT2D eigenvalue weighted by Crippen LogP contribution is -2.62. The van der Waals surface area contributed by atoms with Crippen LogP contribution in [0.4, 0.5) is 5.69 Å². The van der Waals surface area contributed by atoms with Crippen molar-refractivity contribution in [2.75, 3.05) is 31.1 Å². The van der Waals surface area contributed by atoms with Crippen LogP contribution in [-0.4, -0.2) is 42.7 Å². The average Bonchev–Trinajstić information content (AvgIpc) is 3.16. The Labute approximate surface area is 165 Å².